The Labute approximate surface area is 818 Å². The molecule has 0 amide bonds. The zero-order valence-electron chi connectivity index (χ0n) is 87.5. The van der Waals surface area contributed by atoms with E-state index in [1.54, 1.807) is 18.2 Å². The molecule has 0 unspecified atom stereocenters. The highest BCUT2D eigenvalue weighted by Crippen LogP contribution is 2.63. The molecule has 39 nitrogen and oxygen atoms in total. The van der Waals surface area contributed by atoms with Gasteiger partial charge in [-0.25, -0.2) is 0 Å². The van der Waals surface area contributed by atoms with Crippen LogP contribution in [0, 0.1) is 35.4 Å². The predicted octanol–water partition coefficient (Wildman–Crippen LogP) is 8.26. The van der Waals surface area contributed by atoms with Crippen molar-refractivity contribution in [2.75, 3.05) is 102 Å². The number of methoxy groups -OCH3 is 6. The lowest BCUT2D eigenvalue weighted by molar-refractivity contribution is -0.368. The van der Waals surface area contributed by atoms with Crippen LogP contribution in [0.3, 0.4) is 0 Å². The van der Waals surface area contributed by atoms with Crippen LogP contribution in [0.15, 0.2) is 125 Å². The van der Waals surface area contributed by atoms with Gasteiger partial charge in [0.2, 0.25) is 37.6 Å². The molecule has 12 aliphatic heterocycles. The molecule has 42 heteroatoms. The zero-order valence-corrected chi connectivity index (χ0v) is 75.0. The number of esters is 3. The van der Waals surface area contributed by atoms with Gasteiger partial charge in [0.1, 0.15) is 73.2 Å². The standard InChI is InChI=1S/3C32H32O13S/c3*1-37-19-6-13(7-20(38-2)25(19)33)23-14-8-17-18(42-12-41-17)9-15(14)28(16-10-39-30(36)24(16)23)44-32-27(35)26(34)29-21(43-32)11-40-31(45-29)22-4-3-5-46-22/h3*3-9,16,21,23-24,26-29,31-35H,10-12H2,1-2H3/t3*16-,21+,23+,24-,26+,27+,28+,29+,31+,32-/m000/s1/i1D3,2D3,23D,24D;10D2,23D,24D;10D2,24D. The summed E-state index contributed by atoms with van der Waals surface area (Å²) >= 11 is 4.19. The van der Waals surface area contributed by atoms with Crippen molar-refractivity contribution in [2.24, 2.45) is 35.4 Å². The Balaban J connectivity index is 0.000000129. The maximum absolute atomic E-state index is 13.9. The molecule has 0 radical (unpaired) electrons. The molecule has 3 aliphatic carbocycles. The molecule has 0 bridgehead atoms. The molecule has 15 aliphatic rings. The van der Waals surface area contributed by atoms with Gasteiger partial charge < -0.3 is 174 Å². The number of ether oxygens (including phenoxy) is 27. The van der Waals surface area contributed by atoms with E-state index in [0.717, 1.165) is 26.8 Å². The van der Waals surface area contributed by atoms with Crippen molar-refractivity contribution in [1.29, 1.82) is 0 Å². The first-order chi connectivity index (χ1) is 72.7. The molecular formula is C96H96O39S3. The molecule has 24 rings (SSSR count). The Bertz CT molecular complexity index is 6710. The molecule has 6 aromatic carbocycles. The second-order valence-electron chi connectivity index (χ2n) is 33.7. The minimum Gasteiger partial charge on any atom is -0.502 e. The lowest BCUT2D eigenvalue weighted by atomic mass is 9.66. The van der Waals surface area contributed by atoms with E-state index < -0.39 is 263 Å². The van der Waals surface area contributed by atoms with Gasteiger partial charge in [0.05, 0.1) is 146 Å². The summed E-state index contributed by atoms with van der Waals surface area (Å²) in [7, 11) is -1.17. The van der Waals surface area contributed by atoms with E-state index in [9.17, 15) is 67.2 Å². The van der Waals surface area contributed by atoms with Crippen LogP contribution >= 0.6 is 34.0 Å². The Kier molecular flexibility index (Phi) is 20.7. The Morgan fingerprint density at radius 2 is 0.667 bits per heavy atom. The Hall–Kier alpha value is -10.9. The number of aliphatic hydroxyl groups excluding tert-OH is 6. The Morgan fingerprint density at radius 1 is 0.355 bits per heavy atom. The van der Waals surface area contributed by atoms with Gasteiger partial charge in [-0.15, -0.1) is 34.0 Å². The van der Waals surface area contributed by atoms with E-state index in [-0.39, 0.29) is 131 Å². The zero-order chi connectivity index (χ0) is 108. The molecule has 9 aromatic rings. The van der Waals surface area contributed by atoms with Gasteiger partial charge >= 0.3 is 17.9 Å². The van der Waals surface area contributed by atoms with E-state index in [0.29, 0.717) is 17.1 Å². The number of fused-ring (bicyclic) bond motifs is 12. The molecule has 732 valence electrons. The first kappa shape index (κ1) is 76.0. The first-order valence-corrected chi connectivity index (χ1v) is 45.9. The maximum atomic E-state index is 13.9. The number of phenolic OH excluding ortho intramolecular Hbond substituents is 3. The van der Waals surface area contributed by atoms with Gasteiger partial charge in [-0.05, 0) is 157 Å². The number of benzene rings is 6. The second kappa shape index (κ2) is 37.6. The van der Waals surface area contributed by atoms with Gasteiger partial charge in [-0.3, -0.25) is 14.4 Å². The minimum absolute atomic E-state index is 0.00921. The second-order valence-corrected chi connectivity index (χ2v) is 36.6. The largest absolute Gasteiger partial charge is 0.502 e. The summed E-state index contributed by atoms with van der Waals surface area (Å²) in [4.78, 5) is 43.8. The van der Waals surface area contributed by atoms with Crippen molar-refractivity contribution in [3.8, 4) is 86.2 Å². The molecule has 3 aromatic heterocycles. The number of rotatable bonds is 18. The molecule has 30 atom stereocenters. The smallest absolute Gasteiger partial charge is 0.310 e. The number of hydrogen-bond donors (Lipinski definition) is 9. The van der Waals surface area contributed by atoms with Crippen molar-refractivity contribution in [3.63, 3.8) is 0 Å². The van der Waals surface area contributed by atoms with Crippen LogP contribution in [-0.2, 0) is 85.4 Å². The van der Waals surface area contributed by atoms with Gasteiger partial charge in [0, 0.05) is 42.3 Å². The number of carbonyl (C=O) groups excluding carboxylic acids is 3. The summed E-state index contributed by atoms with van der Waals surface area (Å²) in [5.74, 6) is -25.3. The number of aromatic hydroxyl groups is 3. The summed E-state index contributed by atoms with van der Waals surface area (Å²) in [6, 6.07) is 26.8. The maximum Gasteiger partial charge on any atom is 0.310 e. The third kappa shape index (κ3) is 16.1. The highest BCUT2D eigenvalue weighted by Gasteiger charge is 2.62. The molecule has 138 heavy (non-hydrogen) atoms. The summed E-state index contributed by atoms with van der Waals surface area (Å²) < 4.78 is 285. The highest BCUT2D eigenvalue weighted by atomic mass is 32.1. The molecule has 9 saturated heterocycles. The average molecular weight is 1990 g/mol. The lowest BCUT2D eigenvalue weighted by Gasteiger charge is -2.48. The number of thiophene rings is 3. The fraction of sp³-hybridized carbons (Fsp3) is 0.469. The summed E-state index contributed by atoms with van der Waals surface area (Å²) in [6.07, 6.45) is -27.1. The number of phenols is 3. The summed E-state index contributed by atoms with van der Waals surface area (Å²) in [5.41, 5.74) is 0.421. The number of hydrogen-bond acceptors (Lipinski definition) is 42. The number of aliphatic hydroxyl groups is 6. The molecule has 0 spiro atoms. The summed E-state index contributed by atoms with van der Waals surface area (Å²) in [6.45, 7) is -6.80. The van der Waals surface area contributed by atoms with E-state index in [2.05, 4.69) is 0 Å². The fourth-order valence-electron chi connectivity index (χ4n) is 19.7. The van der Waals surface area contributed by atoms with Crippen LogP contribution in [0.5, 0.6) is 86.2 Å². The molecule has 0 saturated carbocycles. The lowest BCUT2D eigenvalue weighted by Crippen LogP contribution is -2.62. The molecule has 15 heterocycles. The minimum atomic E-state index is -3.19. The van der Waals surface area contributed by atoms with Crippen LogP contribution in [0.1, 0.15) is 140 Å². The van der Waals surface area contributed by atoms with Gasteiger partial charge in [0.25, 0.3) is 0 Å². The van der Waals surface area contributed by atoms with Crippen molar-refractivity contribution >= 4 is 51.9 Å². The van der Waals surface area contributed by atoms with Crippen LogP contribution in [0.2, 0.25) is 0 Å². The first-order valence-electron chi connectivity index (χ1n) is 50.7. The third-order valence-electron chi connectivity index (χ3n) is 26.2. The molecule has 9 fully saturated rings. The van der Waals surface area contributed by atoms with Crippen molar-refractivity contribution < 1.29 is 209 Å². The number of cyclic esters (lactones) is 3. The van der Waals surface area contributed by atoms with E-state index in [1.807, 2.05) is 46.5 Å². The predicted molar refractivity (Wildman–Crippen MR) is 468 cm³/mol. The molecular weight excluding hydrogens is 1870 g/mol. The highest BCUT2D eigenvalue weighted by molar-refractivity contribution is 7.10. The van der Waals surface area contributed by atoms with Gasteiger partial charge in [0.15, 0.2) is 107 Å². The number of carbonyl (C=O) groups is 3. The van der Waals surface area contributed by atoms with Crippen LogP contribution in [-0.4, -0.2) is 258 Å². The van der Waals surface area contributed by atoms with E-state index in [1.165, 1.54) is 111 Å². The SMILES string of the molecule is [2H]C([2H])([2H])Oc1cc([C@]2([2H])c3cc4c(cc3[C@@H](O[C@@H]3O[C@@H]5CO[C@@H](c6cccs6)O[C@H]5[C@H](O)[C@H]3O)[C@H]3COC(=O)[C@@]32[2H])OCO4)cc(OC([2H])([2H])[2H])c1O.[2H]C1([2H])OC(=O)[C@@]2([2H])[C@H]1[C@H](O[C@@H]1O[C@@H]3CO[C@@H](c4cccs4)O[C@H]3[C@H](O)[C@H]1O)c1cc3c(cc1[C@@]2([2H])c1cc(OC)c(O)c(OC)c1)OCO3.[2H]C1([2H])OC(=O)[C@]2([2H])[C@H](c3cc(OC)c(O)c(OC)c3)c3cc4c(cc3[C@@H](O[C@@H]3O[C@@H]5CO[C@@H](c6cccs6)O[C@H]5[C@H](O)[C@H]3O)[C@@H]12)OCO4. The fourth-order valence-corrected chi connectivity index (χ4v) is 21.8. The van der Waals surface area contributed by atoms with E-state index >= 15 is 0 Å². The topological polar surface area (TPSA) is 482 Å². The van der Waals surface area contributed by atoms with Gasteiger partial charge in [-0.1, -0.05) is 18.2 Å². The van der Waals surface area contributed by atoms with Crippen molar-refractivity contribution in [1.82, 2.24) is 0 Å². The normalized spacial score (nSPS) is 39.5. The average Bonchev–Trinajstić information content (AvgIpc) is 1.51. The van der Waals surface area contributed by atoms with Crippen LogP contribution < -0.4 is 56.8 Å². The van der Waals surface area contributed by atoms with Crippen molar-refractivity contribution in [3.05, 3.63) is 190 Å². The van der Waals surface area contributed by atoms with Crippen molar-refractivity contribution in [2.45, 2.75) is 147 Å². The van der Waals surface area contributed by atoms with Gasteiger partial charge in [-0.2, -0.15) is 0 Å². The third-order valence-corrected chi connectivity index (χ3v) is 28.9. The van der Waals surface area contributed by atoms with Crippen LogP contribution in [0.4, 0.5) is 0 Å². The summed E-state index contributed by atoms with van der Waals surface area (Å²) in [5, 5.41) is 106. The van der Waals surface area contributed by atoms with Crippen LogP contribution in [0.25, 0.3) is 0 Å². The quantitative estimate of drug-likeness (QED) is 0.0288. The Morgan fingerprint density at radius 3 is 1.02 bits per heavy atom. The van der Waals surface area contributed by atoms with E-state index in [4.69, 9.17) is 142 Å². The monoisotopic (exact) mass is 1980 g/mol. The molecule has 9 N–H and O–H groups in total.